The van der Waals surface area contributed by atoms with E-state index in [1.54, 1.807) is 13.0 Å². The third-order valence-corrected chi connectivity index (χ3v) is 1.89. The van der Waals surface area contributed by atoms with Crippen molar-refractivity contribution in [3.8, 4) is 0 Å². The highest BCUT2D eigenvalue weighted by atomic mass is 32.1. The SMILES string of the molecule is Cc1cc(C)c(C(=O)O)c(=S)[nH]1. The van der Waals surface area contributed by atoms with Crippen molar-refractivity contribution in [2.24, 2.45) is 0 Å². The number of aromatic amines is 1. The Hall–Kier alpha value is -1.16. The van der Waals surface area contributed by atoms with Crippen LogP contribution < -0.4 is 0 Å². The Balaban J connectivity index is 3.49. The van der Waals surface area contributed by atoms with E-state index in [1.165, 1.54) is 0 Å². The molecule has 0 atom stereocenters. The van der Waals surface area contributed by atoms with E-state index in [-0.39, 0.29) is 5.56 Å². The fraction of sp³-hybridized carbons (Fsp3) is 0.250. The molecule has 2 N–H and O–H groups in total. The van der Waals surface area contributed by atoms with Crippen LogP contribution in [-0.2, 0) is 0 Å². The molecule has 0 radical (unpaired) electrons. The smallest absolute Gasteiger partial charge is 0.338 e. The summed E-state index contributed by atoms with van der Waals surface area (Å²) in [4.78, 5) is 13.5. The molecule has 1 heterocycles. The van der Waals surface area contributed by atoms with Crippen LogP contribution >= 0.6 is 12.2 Å². The molecule has 0 fully saturated rings. The van der Waals surface area contributed by atoms with Crippen LogP contribution in [0.25, 0.3) is 0 Å². The lowest BCUT2D eigenvalue weighted by molar-refractivity contribution is 0.0695. The second-order valence-corrected chi connectivity index (χ2v) is 3.05. The first-order chi connectivity index (χ1) is 5.52. The fourth-order valence-electron chi connectivity index (χ4n) is 1.12. The van der Waals surface area contributed by atoms with E-state index >= 15 is 0 Å². The van der Waals surface area contributed by atoms with Gasteiger partial charge in [0.1, 0.15) is 4.64 Å². The molecule has 3 nitrogen and oxygen atoms in total. The zero-order chi connectivity index (χ0) is 9.30. The van der Waals surface area contributed by atoms with Crippen LogP contribution in [0.3, 0.4) is 0 Å². The van der Waals surface area contributed by atoms with Gasteiger partial charge in [-0.2, -0.15) is 0 Å². The lowest BCUT2D eigenvalue weighted by Gasteiger charge is -2.01. The summed E-state index contributed by atoms with van der Waals surface area (Å²) < 4.78 is 0.292. The molecule has 0 unspecified atom stereocenters. The molecule has 0 bridgehead atoms. The van der Waals surface area contributed by atoms with Gasteiger partial charge in [0.2, 0.25) is 0 Å². The van der Waals surface area contributed by atoms with Crippen molar-refractivity contribution < 1.29 is 9.90 Å². The molecule has 0 spiro atoms. The van der Waals surface area contributed by atoms with Crippen LogP contribution in [-0.4, -0.2) is 16.1 Å². The third kappa shape index (κ3) is 1.53. The summed E-state index contributed by atoms with van der Waals surface area (Å²) in [6, 6.07) is 1.76. The first-order valence-corrected chi connectivity index (χ1v) is 3.87. The number of aryl methyl sites for hydroxylation is 2. The number of aromatic nitrogens is 1. The number of aromatic carboxylic acids is 1. The predicted molar refractivity (Wildman–Crippen MR) is 48.1 cm³/mol. The van der Waals surface area contributed by atoms with Gasteiger partial charge in [-0.3, -0.25) is 0 Å². The first kappa shape index (κ1) is 8.93. The molecule has 0 aliphatic carbocycles. The summed E-state index contributed by atoms with van der Waals surface area (Å²) in [5.74, 6) is -0.978. The minimum atomic E-state index is -0.978. The standard InChI is InChI=1S/C8H9NO2S/c1-4-3-5(2)9-7(12)6(4)8(10)11/h3H,1-2H3,(H,9,12)(H,10,11). The Morgan fingerprint density at radius 3 is 2.58 bits per heavy atom. The van der Waals surface area contributed by atoms with Gasteiger partial charge in [0.15, 0.2) is 0 Å². The van der Waals surface area contributed by atoms with E-state index in [0.29, 0.717) is 10.2 Å². The van der Waals surface area contributed by atoms with Crippen LogP contribution in [0.1, 0.15) is 21.6 Å². The van der Waals surface area contributed by atoms with Gasteiger partial charge in [-0.05, 0) is 25.5 Å². The van der Waals surface area contributed by atoms with Crippen LogP contribution in [0, 0.1) is 18.5 Å². The van der Waals surface area contributed by atoms with Crippen LogP contribution in [0.15, 0.2) is 6.07 Å². The number of nitrogens with one attached hydrogen (secondary N) is 1. The predicted octanol–water partition coefficient (Wildman–Crippen LogP) is 2.06. The highest BCUT2D eigenvalue weighted by Gasteiger charge is 2.09. The molecule has 0 amide bonds. The zero-order valence-corrected chi connectivity index (χ0v) is 7.66. The van der Waals surface area contributed by atoms with E-state index in [2.05, 4.69) is 4.98 Å². The van der Waals surface area contributed by atoms with Gasteiger partial charge < -0.3 is 10.1 Å². The molecule has 1 aromatic rings. The molecular weight excluding hydrogens is 174 g/mol. The highest BCUT2D eigenvalue weighted by molar-refractivity contribution is 7.71. The molecule has 0 saturated heterocycles. The molecule has 1 aromatic heterocycles. The maximum atomic E-state index is 10.7. The minimum absolute atomic E-state index is 0.190. The lowest BCUT2D eigenvalue weighted by Crippen LogP contribution is -2.03. The highest BCUT2D eigenvalue weighted by Crippen LogP contribution is 2.09. The Morgan fingerprint density at radius 2 is 2.17 bits per heavy atom. The molecule has 0 saturated carbocycles. The zero-order valence-electron chi connectivity index (χ0n) is 6.84. The minimum Gasteiger partial charge on any atom is -0.478 e. The quantitative estimate of drug-likeness (QED) is 0.655. The van der Waals surface area contributed by atoms with Crippen LogP contribution in [0.5, 0.6) is 0 Å². The number of carboxylic acid groups (broad SMARTS) is 1. The van der Waals surface area contributed by atoms with E-state index in [9.17, 15) is 4.79 Å². The molecule has 4 heteroatoms. The molecule has 0 aliphatic rings. The van der Waals surface area contributed by atoms with Crippen molar-refractivity contribution in [2.45, 2.75) is 13.8 Å². The van der Waals surface area contributed by atoms with E-state index in [0.717, 1.165) is 5.69 Å². The van der Waals surface area contributed by atoms with Crippen molar-refractivity contribution in [2.75, 3.05) is 0 Å². The maximum absolute atomic E-state index is 10.7. The summed E-state index contributed by atoms with van der Waals surface area (Å²) in [6.07, 6.45) is 0. The first-order valence-electron chi connectivity index (χ1n) is 3.46. The topological polar surface area (TPSA) is 53.1 Å². The van der Waals surface area contributed by atoms with Crippen molar-refractivity contribution in [3.63, 3.8) is 0 Å². The molecule has 12 heavy (non-hydrogen) atoms. The summed E-state index contributed by atoms with van der Waals surface area (Å²) in [7, 11) is 0. The van der Waals surface area contributed by atoms with E-state index < -0.39 is 5.97 Å². The van der Waals surface area contributed by atoms with E-state index in [1.807, 2.05) is 6.92 Å². The second kappa shape index (κ2) is 3.06. The van der Waals surface area contributed by atoms with Crippen molar-refractivity contribution in [1.82, 2.24) is 4.98 Å². The lowest BCUT2D eigenvalue weighted by atomic mass is 10.1. The fourth-order valence-corrected chi connectivity index (χ4v) is 1.53. The molecular formula is C8H9NO2S. The summed E-state index contributed by atoms with van der Waals surface area (Å²) >= 11 is 4.87. The number of rotatable bonds is 1. The number of carbonyl (C=O) groups is 1. The van der Waals surface area contributed by atoms with Crippen molar-refractivity contribution >= 4 is 18.2 Å². The Labute approximate surface area is 75.1 Å². The molecule has 0 aliphatic heterocycles. The Bertz CT molecular complexity index is 381. The normalized spacial score (nSPS) is 9.83. The maximum Gasteiger partial charge on any atom is 0.338 e. The summed E-state index contributed by atoms with van der Waals surface area (Å²) in [6.45, 7) is 3.58. The van der Waals surface area contributed by atoms with E-state index in [4.69, 9.17) is 17.3 Å². The van der Waals surface area contributed by atoms with Crippen molar-refractivity contribution in [3.05, 3.63) is 27.5 Å². The largest absolute Gasteiger partial charge is 0.478 e. The van der Waals surface area contributed by atoms with Gasteiger partial charge in [0, 0.05) is 5.69 Å². The van der Waals surface area contributed by atoms with Crippen LogP contribution in [0.4, 0.5) is 0 Å². The summed E-state index contributed by atoms with van der Waals surface area (Å²) in [5, 5.41) is 8.75. The van der Waals surface area contributed by atoms with Gasteiger partial charge in [-0.25, -0.2) is 4.79 Å². The average Bonchev–Trinajstić information content (AvgIpc) is 1.82. The third-order valence-electron chi connectivity index (χ3n) is 1.58. The number of pyridine rings is 1. The summed E-state index contributed by atoms with van der Waals surface area (Å²) in [5.41, 5.74) is 1.77. The van der Waals surface area contributed by atoms with Crippen molar-refractivity contribution in [1.29, 1.82) is 0 Å². The number of carboxylic acids is 1. The van der Waals surface area contributed by atoms with Gasteiger partial charge in [0.25, 0.3) is 0 Å². The average molecular weight is 183 g/mol. The number of hydrogen-bond acceptors (Lipinski definition) is 2. The van der Waals surface area contributed by atoms with Gasteiger partial charge in [-0.1, -0.05) is 12.2 Å². The molecule has 1 rings (SSSR count). The number of hydrogen-bond donors (Lipinski definition) is 2. The second-order valence-electron chi connectivity index (χ2n) is 2.64. The number of H-pyrrole nitrogens is 1. The van der Waals surface area contributed by atoms with Crippen LogP contribution in [0.2, 0.25) is 0 Å². The monoisotopic (exact) mass is 183 g/mol. The van der Waals surface area contributed by atoms with Gasteiger partial charge in [-0.15, -0.1) is 0 Å². The Kier molecular flexibility index (Phi) is 2.28. The van der Waals surface area contributed by atoms with Gasteiger partial charge in [0.05, 0.1) is 5.56 Å². The van der Waals surface area contributed by atoms with Gasteiger partial charge >= 0.3 is 5.97 Å². The molecule has 64 valence electrons. The molecule has 0 aromatic carbocycles. The Morgan fingerprint density at radius 1 is 1.58 bits per heavy atom.